The number of aryl methyl sites for hydroxylation is 1. The van der Waals surface area contributed by atoms with Gasteiger partial charge in [-0.15, -0.1) is 0 Å². The molecule has 4 heterocycles. The number of ether oxygens (including phenoxy) is 1. The van der Waals surface area contributed by atoms with E-state index in [0.717, 1.165) is 65.2 Å². The SMILES string of the molecule is COc1nc(-c2cccc(-c3cccc(NC(=O)c4cn(C[C@@H](C)O)c(=O)n(C)c4=O)c3Cl)c2Cl)cc2c1[C@@H](N1CC[C@@]3(CCC(=O)N3)C1)CC2. The number of hydrogen-bond acceptors (Lipinski definition) is 8. The lowest BCUT2D eigenvalue weighted by Gasteiger charge is -2.28. The first-order chi connectivity index (χ1) is 24.4. The van der Waals surface area contributed by atoms with Gasteiger partial charge >= 0.3 is 5.69 Å². The fraction of sp³-hybridized carbons (Fsp3) is 0.378. The summed E-state index contributed by atoms with van der Waals surface area (Å²) in [5, 5.41) is 16.3. The van der Waals surface area contributed by atoms with Crippen LogP contribution in [0.3, 0.4) is 0 Å². The van der Waals surface area contributed by atoms with Gasteiger partial charge in [0.15, 0.2) is 0 Å². The molecule has 0 bridgehead atoms. The van der Waals surface area contributed by atoms with E-state index in [1.165, 1.54) is 14.0 Å². The third-order valence-corrected chi connectivity index (χ3v) is 11.1. The molecule has 0 unspecified atom stereocenters. The van der Waals surface area contributed by atoms with Crippen molar-refractivity contribution in [1.29, 1.82) is 0 Å². The molecule has 1 aliphatic carbocycles. The first-order valence-electron chi connectivity index (χ1n) is 16.9. The van der Waals surface area contributed by atoms with Crippen LogP contribution in [0.5, 0.6) is 5.88 Å². The Labute approximate surface area is 304 Å². The zero-order valence-electron chi connectivity index (χ0n) is 28.5. The summed E-state index contributed by atoms with van der Waals surface area (Å²) >= 11 is 14.0. The highest BCUT2D eigenvalue weighted by Gasteiger charge is 2.46. The zero-order chi connectivity index (χ0) is 36.2. The minimum absolute atomic E-state index is 0.0934. The predicted molar refractivity (Wildman–Crippen MR) is 195 cm³/mol. The minimum atomic E-state index is -0.876. The van der Waals surface area contributed by atoms with Crippen LogP contribution in [0.25, 0.3) is 22.4 Å². The Hall–Kier alpha value is -4.49. The lowest BCUT2D eigenvalue weighted by Crippen LogP contribution is -2.44. The molecule has 4 aromatic rings. The van der Waals surface area contributed by atoms with E-state index >= 15 is 0 Å². The Morgan fingerprint density at radius 3 is 2.53 bits per heavy atom. The molecule has 2 aromatic heterocycles. The standard InChI is InChI=1S/C37H38Cl2N6O6/c1-20(46)17-45-18-25(35(49)43(2)36(45)50)33(48)40-26-9-5-7-23(32(26)39)22-6-4-8-24(31(22)38)27-16-21-10-11-28(30(21)34(41-27)51-3)44-15-14-37(19-44)13-12-29(47)42-37/h4-9,16,18,20,28,46H,10-15,17,19H2,1-3H3,(H,40,48)(H,42,47)/t20-,28+,37+/m1/s1. The number of aliphatic hydroxyl groups excluding tert-OH is 1. The number of pyridine rings is 1. The zero-order valence-corrected chi connectivity index (χ0v) is 30.0. The highest BCUT2D eigenvalue weighted by molar-refractivity contribution is 6.39. The van der Waals surface area contributed by atoms with Gasteiger partial charge in [0.05, 0.1) is 46.7 Å². The Balaban J connectivity index is 1.18. The van der Waals surface area contributed by atoms with Crippen molar-refractivity contribution in [2.24, 2.45) is 7.05 Å². The predicted octanol–water partition coefficient (Wildman–Crippen LogP) is 4.57. The van der Waals surface area contributed by atoms with E-state index in [9.17, 15) is 24.3 Å². The third-order valence-electron chi connectivity index (χ3n) is 10.3. The van der Waals surface area contributed by atoms with Crippen LogP contribution in [0.15, 0.2) is 58.3 Å². The summed E-state index contributed by atoms with van der Waals surface area (Å²) in [5.74, 6) is -0.0823. The van der Waals surface area contributed by atoms with Crippen molar-refractivity contribution in [3.05, 3.63) is 96.2 Å². The molecule has 3 aliphatic rings. The molecule has 2 aliphatic heterocycles. The average Bonchev–Trinajstić information content (AvgIpc) is 3.83. The number of rotatable bonds is 8. The van der Waals surface area contributed by atoms with Crippen LogP contribution < -0.4 is 26.6 Å². The molecule has 12 nitrogen and oxygen atoms in total. The topological polar surface area (TPSA) is 148 Å². The molecule has 14 heteroatoms. The van der Waals surface area contributed by atoms with Crippen molar-refractivity contribution in [2.75, 3.05) is 25.5 Å². The first kappa shape index (κ1) is 34.9. The van der Waals surface area contributed by atoms with Crippen molar-refractivity contribution in [2.45, 2.75) is 63.3 Å². The summed E-state index contributed by atoms with van der Waals surface area (Å²) in [5.41, 5.74) is 3.10. The van der Waals surface area contributed by atoms with Crippen LogP contribution in [0.4, 0.5) is 5.69 Å². The van der Waals surface area contributed by atoms with Crippen LogP contribution in [-0.2, 0) is 24.8 Å². The van der Waals surface area contributed by atoms with Gasteiger partial charge in [0.25, 0.3) is 11.5 Å². The second-order valence-electron chi connectivity index (χ2n) is 13.7. The minimum Gasteiger partial charge on any atom is -0.481 e. The summed E-state index contributed by atoms with van der Waals surface area (Å²) < 4.78 is 7.82. The highest BCUT2D eigenvalue weighted by atomic mass is 35.5. The molecule has 0 saturated carbocycles. The average molecular weight is 734 g/mol. The van der Waals surface area contributed by atoms with Gasteiger partial charge in [0, 0.05) is 61.1 Å². The van der Waals surface area contributed by atoms with E-state index in [1.807, 2.05) is 18.2 Å². The van der Waals surface area contributed by atoms with E-state index in [-0.39, 0.29) is 40.3 Å². The Kier molecular flexibility index (Phi) is 9.30. The number of carbonyl (C=O) groups excluding carboxylic acids is 2. The van der Waals surface area contributed by atoms with Gasteiger partial charge in [0.2, 0.25) is 11.8 Å². The van der Waals surface area contributed by atoms with Gasteiger partial charge in [-0.05, 0) is 50.3 Å². The molecule has 0 radical (unpaired) electrons. The fourth-order valence-electron chi connectivity index (χ4n) is 7.75. The van der Waals surface area contributed by atoms with Gasteiger partial charge < -0.3 is 20.5 Å². The molecule has 3 N–H and O–H groups in total. The number of aliphatic hydroxyl groups is 1. The normalized spacial score (nSPS) is 20.4. The lowest BCUT2D eigenvalue weighted by molar-refractivity contribution is -0.119. The smallest absolute Gasteiger partial charge is 0.330 e. The quantitative estimate of drug-likeness (QED) is 0.239. The number of anilines is 1. The summed E-state index contributed by atoms with van der Waals surface area (Å²) in [6.07, 6.45) is 4.43. The molecule has 3 atom stereocenters. The van der Waals surface area contributed by atoms with Crippen LogP contribution in [0.2, 0.25) is 10.0 Å². The molecule has 2 aromatic carbocycles. The molecule has 2 saturated heterocycles. The van der Waals surface area contributed by atoms with E-state index < -0.39 is 23.3 Å². The fourth-order valence-corrected chi connectivity index (χ4v) is 8.35. The molecule has 1 spiro atoms. The van der Waals surface area contributed by atoms with Gasteiger partial charge in [-0.2, -0.15) is 0 Å². The molecule has 51 heavy (non-hydrogen) atoms. The number of nitrogens with one attached hydrogen (secondary N) is 2. The molecular weight excluding hydrogens is 695 g/mol. The molecular formula is C37H38Cl2N6O6. The van der Waals surface area contributed by atoms with Gasteiger partial charge in [-0.1, -0.05) is 53.5 Å². The number of aromatic nitrogens is 3. The Morgan fingerprint density at radius 2 is 1.82 bits per heavy atom. The number of likely N-dealkylation sites (tertiary alicyclic amines) is 1. The van der Waals surface area contributed by atoms with Crippen molar-refractivity contribution < 1.29 is 19.4 Å². The van der Waals surface area contributed by atoms with Crippen molar-refractivity contribution in [1.82, 2.24) is 24.3 Å². The number of nitrogens with zero attached hydrogens (tertiary/aromatic N) is 4. The van der Waals surface area contributed by atoms with E-state index in [2.05, 4.69) is 21.6 Å². The van der Waals surface area contributed by atoms with Gasteiger partial charge in [0.1, 0.15) is 5.56 Å². The van der Waals surface area contributed by atoms with Crippen LogP contribution in [-0.4, -0.2) is 67.8 Å². The first-order valence-corrected chi connectivity index (χ1v) is 17.7. The Morgan fingerprint density at radius 1 is 1.10 bits per heavy atom. The molecule has 266 valence electrons. The van der Waals surface area contributed by atoms with Crippen LogP contribution in [0.1, 0.15) is 60.1 Å². The lowest BCUT2D eigenvalue weighted by atomic mass is 9.97. The largest absolute Gasteiger partial charge is 0.481 e. The maximum atomic E-state index is 13.4. The number of methoxy groups -OCH3 is 1. The van der Waals surface area contributed by atoms with Crippen molar-refractivity contribution >= 4 is 40.7 Å². The molecule has 2 fully saturated rings. The Bertz CT molecular complexity index is 2200. The second-order valence-corrected chi connectivity index (χ2v) is 14.4. The summed E-state index contributed by atoms with van der Waals surface area (Å²) in [7, 11) is 2.90. The number of hydrogen-bond donors (Lipinski definition) is 3. The number of amides is 2. The maximum absolute atomic E-state index is 13.4. The monoisotopic (exact) mass is 732 g/mol. The number of benzene rings is 2. The second kappa shape index (κ2) is 13.6. The molecule has 2 amide bonds. The van der Waals surface area contributed by atoms with Gasteiger partial charge in [-0.3, -0.25) is 28.4 Å². The van der Waals surface area contributed by atoms with Crippen LogP contribution in [0, 0.1) is 0 Å². The van der Waals surface area contributed by atoms with E-state index in [4.69, 9.17) is 32.9 Å². The molecule has 7 rings (SSSR count). The number of carbonyl (C=O) groups is 2. The van der Waals surface area contributed by atoms with E-state index in [1.54, 1.807) is 25.3 Å². The van der Waals surface area contributed by atoms with Gasteiger partial charge in [-0.25, -0.2) is 9.78 Å². The third kappa shape index (κ3) is 6.35. The number of fused-ring (bicyclic) bond motifs is 1. The summed E-state index contributed by atoms with van der Waals surface area (Å²) in [6.45, 7) is 3.12. The van der Waals surface area contributed by atoms with Crippen molar-refractivity contribution in [3.8, 4) is 28.3 Å². The van der Waals surface area contributed by atoms with Crippen LogP contribution >= 0.6 is 23.2 Å². The van der Waals surface area contributed by atoms with E-state index in [0.29, 0.717) is 39.7 Å². The van der Waals surface area contributed by atoms with Crippen molar-refractivity contribution in [3.63, 3.8) is 0 Å². The highest BCUT2D eigenvalue weighted by Crippen LogP contribution is 2.47. The maximum Gasteiger partial charge on any atom is 0.330 e. The number of halogens is 2. The summed E-state index contributed by atoms with van der Waals surface area (Å²) in [4.78, 5) is 58.1. The summed E-state index contributed by atoms with van der Waals surface area (Å²) in [6, 6.07) is 12.9.